The summed E-state index contributed by atoms with van der Waals surface area (Å²) in [5.41, 5.74) is 4.04. The molecule has 1 aromatic carbocycles. The summed E-state index contributed by atoms with van der Waals surface area (Å²) in [5, 5.41) is 0.377. The van der Waals surface area contributed by atoms with Crippen LogP contribution in [0.4, 0.5) is 10.2 Å². The average Bonchev–Trinajstić information content (AvgIpc) is 2.35. The summed E-state index contributed by atoms with van der Waals surface area (Å²) in [5.74, 6) is 0.332. The van der Waals surface area contributed by atoms with Gasteiger partial charge in [0.15, 0.2) is 5.75 Å². The predicted molar refractivity (Wildman–Crippen MR) is 68.7 cm³/mol. The quantitative estimate of drug-likeness (QED) is 0.669. The van der Waals surface area contributed by atoms with E-state index in [1.165, 1.54) is 11.7 Å². The van der Waals surface area contributed by atoms with Crippen molar-refractivity contribution >= 4 is 29.7 Å². The van der Waals surface area contributed by atoms with E-state index in [0.717, 1.165) is 0 Å². The van der Waals surface area contributed by atoms with Crippen molar-refractivity contribution < 1.29 is 9.22 Å². The third-order valence-corrected chi connectivity index (χ3v) is 2.18. The molecule has 0 bridgehead atoms. The molecule has 0 atom stereocenters. The highest BCUT2D eigenvalue weighted by atomic mass is 35.5. The minimum atomic E-state index is 0. The van der Waals surface area contributed by atoms with Crippen LogP contribution in [0, 0.1) is 0 Å². The SMILES string of the molecule is Cl.FNNc1ccc(Cl)c(Oc2ncccn2)c1. The molecule has 0 amide bonds. The summed E-state index contributed by atoms with van der Waals surface area (Å²) in [4.78, 5) is 7.78. The first-order valence-corrected chi connectivity index (χ1v) is 5.03. The fourth-order valence-electron chi connectivity index (χ4n) is 1.15. The summed E-state index contributed by atoms with van der Waals surface area (Å²) in [6.45, 7) is 0. The first-order chi connectivity index (χ1) is 8.29. The molecule has 96 valence electrons. The smallest absolute Gasteiger partial charge is 0.321 e. The molecule has 0 radical (unpaired) electrons. The largest absolute Gasteiger partial charge is 0.423 e. The second-order valence-corrected chi connectivity index (χ2v) is 3.41. The zero-order valence-electron chi connectivity index (χ0n) is 8.93. The first kappa shape index (κ1) is 14.4. The molecule has 0 aliphatic heterocycles. The van der Waals surface area contributed by atoms with E-state index in [0.29, 0.717) is 16.5 Å². The molecule has 1 aromatic heterocycles. The number of hydrogen-bond donors (Lipinski definition) is 2. The molecule has 2 rings (SSSR count). The van der Waals surface area contributed by atoms with E-state index in [1.54, 1.807) is 30.6 Å². The van der Waals surface area contributed by atoms with Crippen LogP contribution in [-0.2, 0) is 0 Å². The number of ether oxygens (including phenoxy) is 1. The molecule has 1 heterocycles. The molecule has 0 spiro atoms. The van der Waals surface area contributed by atoms with Crippen LogP contribution in [0.15, 0.2) is 36.7 Å². The van der Waals surface area contributed by atoms with Crippen molar-refractivity contribution in [3.8, 4) is 11.8 Å². The third-order valence-electron chi connectivity index (χ3n) is 1.87. The Balaban J connectivity index is 0.00000162. The van der Waals surface area contributed by atoms with E-state index in [1.807, 2.05) is 0 Å². The highest BCUT2D eigenvalue weighted by Gasteiger charge is 2.06. The lowest BCUT2D eigenvalue weighted by Gasteiger charge is -2.08. The zero-order valence-corrected chi connectivity index (χ0v) is 10.5. The molecule has 2 N–H and O–H groups in total. The molecule has 0 unspecified atom stereocenters. The van der Waals surface area contributed by atoms with Crippen LogP contribution in [-0.4, -0.2) is 9.97 Å². The van der Waals surface area contributed by atoms with Crippen molar-refractivity contribution in [1.82, 2.24) is 15.6 Å². The molecule has 0 saturated heterocycles. The highest BCUT2D eigenvalue weighted by molar-refractivity contribution is 6.32. The van der Waals surface area contributed by atoms with Crippen molar-refractivity contribution in [1.29, 1.82) is 0 Å². The van der Waals surface area contributed by atoms with Crippen molar-refractivity contribution in [2.75, 3.05) is 5.43 Å². The monoisotopic (exact) mass is 290 g/mol. The Hall–Kier alpha value is -1.63. The van der Waals surface area contributed by atoms with Crippen LogP contribution in [0.2, 0.25) is 5.02 Å². The lowest BCUT2D eigenvalue weighted by molar-refractivity contribution is 0.375. The number of halogens is 3. The summed E-state index contributed by atoms with van der Waals surface area (Å²) < 4.78 is 17.2. The van der Waals surface area contributed by atoms with Gasteiger partial charge >= 0.3 is 6.01 Å². The molecular weight excluding hydrogens is 282 g/mol. The van der Waals surface area contributed by atoms with Gasteiger partial charge in [0.25, 0.3) is 0 Å². The Morgan fingerprint density at radius 1 is 1.22 bits per heavy atom. The minimum Gasteiger partial charge on any atom is -0.423 e. The van der Waals surface area contributed by atoms with Crippen LogP contribution in [0.1, 0.15) is 0 Å². The molecule has 0 saturated carbocycles. The van der Waals surface area contributed by atoms with E-state index < -0.39 is 0 Å². The maximum Gasteiger partial charge on any atom is 0.321 e. The number of nitrogens with zero attached hydrogens (tertiary/aromatic N) is 2. The summed E-state index contributed by atoms with van der Waals surface area (Å²) in [6.07, 6.45) is 3.09. The molecule has 0 aliphatic rings. The van der Waals surface area contributed by atoms with Gasteiger partial charge in [0.2, 0.25) is 0 Å². The average molecular weight is 291 g/mol. The van der Waals surface area contributed by atoms with Gasteiger partial charge in [0.05, 0.1) is 10.7 Å². The number of rotatable bonds is 4. The Morgan fingerprint density at radius 3 is 2.61 bits per heavy atom. The first-order valence-electron chi connectivity index (χ1n) is 4.65. The Morgan fingerprint density at radius 2 is 1.94 bits per heavy atom. The topological polar surface area (TPSA) is 59.1 Å². The van der Waals surface area contributed by atoms with Crippen molar-refractivity contribution in [3.63, 3.8) is 0 Å². The number of benzene rings is 1. The fourth-order valence-corrected chi connectivity index (χ4v) is 1.31. The van der Waals surface area contributed by atoms with E-state index in [9.17, 15) is 4.48 Å². The van der Waals surface area contributed by atoms with E-state index in [2.05, 4.69) is 15.4 Å². The molecule has 18 heavy (non-hydrogen) atoms. The summed E-state index contributed by atoms with van der Waals surface area (Å²) in [7, 11) is 0. The van der Waals surface area contributed by atoms with Gasteiger partial charge < -0.3 is 4.74 Å². The van der Waals surface area contributed by atoms with Gasteiger partial charge in [-0.1, -0.05) is 17.2 Å². The fraction of sp³-hybridized carbons (Fsp3) is 0. The maximum absolute atomic E-state index is 11.9. The van der Waals surface area contributed by atoms with Crippen LogP contribution in [0.3, 0.4) is 0 Å². The van der Waals surface area contributed by atoms with Gasteiger partial charge in [-0.15, -0.1) is 16.9 Å². The van der Waals surface area contributed by atoms with Crippen LogP contribution >= 0.6 is 24.0 Å². The normalized spacial score (nSPS) is 9.44. The Bertz CT molecular complexity index is 500. The van der Waals surface area contributed by atoms with Crippen LogP contribution in [0.5, 0.6) is 11.8 Å². The third kappa shape index (κ3) is 3.69. The van der Waals surface area contributed by atoms with E-state index in [-0.39, 0.29) is 18.4 Å². The molecule has 2 aromatic rings. The predicted octanol–water partition coefficient (Wildman–Crippen LogP) is 3.15. The number of aromatic nitrogens is 2. The molecule has 8 heteroatoms. The van der Waals surface area contributed by atoms with Crippen molar-refractivity contribution in [2.24, 2.45) is 0 Å². The lowest BCUT2D eigenvalue weighted by Crippen LogP contribution is -2.09. The number of hydrazine groups is 1. The number of hydrogen-bond acceptors (Lipinski definition) is 5. The Kier molecular flexibility index (Phi) is 5.57. The highest BCUT2D eigenvalue weighted by Crippen LogP contribution is 2.30. The van der Waals surface area contributed by atoms with Gasteiger partial charge in [-0.05, 0) is 18.2 Å². The van der Waals surface area contributed by atoms with Gasteiger partial charge in [-0.2, -0.15) is 0 Å². The number of nitrogens with one attached hydrogen (secondary N) is 2. The van der Waals surface area contributed by atoms with Gasteiger partial charge in [-0.25, -0.2) is 9.97 Å². The summed E-state index contributed by atoms with van der Waals surface area (Å²) in [6, 6.07) is 6.51. The van der Waals surface area contributed by atoms with E-state index >= 15 is 0 Å². The van der Waals surface area contributed by atoms with Crippen molar-refractivity contribution in [2.45, 2.75) is 0 Å². The van der Waals surface area contributed by atoms with Gasteiger partial charge in [0, 0.05) is 18.5 Å². The second-order valence-electron chi connectivity index (χ2n) is 3.00. The van der Waals surface area contributed by atoms with Gasteiger partial charge in [-0.3, -0.25) is 5.43 Å². The molecule has 0 aliphatic carbocycles. The maximum atomic E-state index is 11.9. The lowest BCUT2D eigenvalue weighted by atomic mass is 10.3. The van der Waals surface area contributed by atoms with Crippen molar-refractivity contribution in [3.05, 3.63) is 41.7 Å². The molecule has 0 fully saturated rings. The van der Waals surface area contributed by atoms with Crippen LogP contribution < -0.4 is 15.8 Å². The Labute approximate surface area is 114 Å². The number of anilines is 1. The van der Waals surface area contributed by atoms with Gasteiger partial charge in [0.1, 0.15) is 0 Å². The minimum absolute atomic E-state index is 0. The van der Waals surface area contributed by atoms with E-state index in [4.69, 9.17) is 16.3 Å². The summed E-state index contributed by atoms with van der Waals surface area (Å²) >= 11 is 5.92. The standard InChI is InChI=1S/C10H8ClFN4O.ClH/c11-8-3-2-7(15-16-12)6-9(8)17-10-13-4-1-5-14-10;/h1-6,15-16H;1H. The second kappa shape index (κ2) is 6.95. The molecular formula is C10H9Cl2FN4O. The molecule has 5 nitrogen and oxygen atoms in total. The van der Waals surface area contributed by atoms with Crippen LogP contribution in [0.25, 0.3) is 0 Å². The zero-order chi connectivity index (χ0) is 12.1.